The SMILES string of the molecule is O=CCc1nc2c(Cl)cc(-c3ccc(F)cc3)cc2s1. The molecule has 20 heavy (non-hydrogen) atoms. The van der Waals surface area contributed by atoms with Gasteiger partial charge in [0.05, 0.1) is 16.1 Å². The van der Waals surface area contributed by atoms with E-state index in [4.69, 9.17) is 11.6 Å². The Bertz CT molecular complexity index is 782. The number of carbonyl (C=O) groups excluding carboxylic acids is 1. The van der Waals surface area contributed by atoms with Crippen LogP contribution in [0.3, 0.4) is 0 Å². The van der Waals surface area contributed by atoms with E-state index in [1.807, 2.05) is 12.1 Å². The molecule has 2 nitrogen and oxygen atoms in total. The topological polar surface area (TPSA) is 30.0 Å². The van der Waals surface area contributed by atoms with Crippen molar-refractivity contribution in [1.82, 2.24) is 4.98 Å². The molecule has 0 saturated carbocycles. The van der Waals surface area contributed by atoms with Gasteiger partial charge in [-0.15, -0.1) is 11.3 Å². The van der Waals surface area contributed by atoms with E-state index in [0.29, 0.717) is 17.0 Å². The van der Waals surface area contributed by atoms with E-state index in [2.05, 4.69) is 4.98 Å². The van der Waals surface area contributed by atoms with E-state index >= 15 is 0 Å². The van der Waals surface area contributed by atoms with Crippen LogP contribution in [0, 0.1) is 5.82 Å². The van der Waals surface area contributed by atoms with E-state index in [0.717, 1.165) is 27.1 Å². The number of nitrogens with zero attached hydrogens (tertiary/aromatic N) is 1. The maximum absolute atomic E-state index is 13.0. The zero-order valence-electron chi connectivity index (χ0n) is 10.3. The molecule has 0 aliphatic heterocycles. The van der Waals surface area contributed by atoms with Crippen molar-refractivity contribution in [3.8, 4) is 11.1 Å². The Morgan fingerprint density at radius 1 is 1.20 bits per heavy atom. The Morgan fingerprint density at radius 2 is 1.95 bits per heavy atom. The molecule has 0 aliphatic rings. The lowest BCUT2D eigenvalue weighted by Gasteiger charge is -2.03. The Kier molecular flexibility index (Phi) is 3.51. The van der Waals surface area contributed by atoms with Crippen molar-refractivity contribution in [3.63, 3.8) is 0 Å². The third kappa shape index (κ3) is 2.44. The van der Waals surface area contributed by atoms with Gasteiger partial charge in [0, 0.05) is 0 Å². The average molecular weight is 306 g/mol. The van der Waals surface area contributed by atoms with Crippen LogP contribution in [0.1, 0.15) is 5.01 Å². The fraction of sp³-hybridized carbons (Fsp3) is 0.0667. The van der Waals surface area contributed by atoms with Crippen LogP contribution in [-0.2, 0) is 11.2 Å². The van der Waals surface area contributed by atoms with Gasteiger partial charge >= 0.3 is 0 Å². The first kappa shape index (κ1) is 13.2. The molecule has 3 aromatic rings. The molecule has 100 valence electrons. The van der Waals surface area contributed by atoms with Crippen LogP contribution in [0.5, 0.6) is 0 Å². The lowest BCUT2D eigenvalue weighted by molar-refractivity contribution is -0.107. The summed E-state index contributed by atoms with van der Waals surface area (Å²) < 4.78 is 13.9. The van der Waals surface area contributed by atoms with Crippen molar-refractivity contribution in [2.45, 2.75) is 6.42 Å². The summed E-state index contributed by atoms with van der Waals surface area (Å²) in [4.78, 5) is 14.9. The molecular weight excluding hydrogens is 297 g/mol. The summed E-state index contributed by atoms with van der Waals surface area (Å²) in [5.41, 5.74) is 2.50. The van der Waals surface area contributed by atoms with Gasteiger partial charge in [-0.2, -0.15) is 0 Å². The Morgan fingerprint density at radius 3 is 2.65 bits per heavy atom. The second-order valence-electron chi connectivity index (χ2n) is 4.29. The fourth-order valence-corrected chi connectivity index (χ4v) is 3.30. The Hall–Kier alpha value is -1.78. The standard InChI is InChI=1S/C15H9ClFNOS/c16-12-7-10(9-1-3-11(17)4-2-9)8-13-15(12)18-14(20-13)5-6-19/h1-4,6-8H,5H2. The highest BCUT2D eigenvalue weighted by Gasteiger charge is 2.10. The molecule has 0 N–H and O–H groups in total. The predicted molar refractivity (Wildman–Crippen MR) is 79.8 cm³/mol. The van der Waals surface area contributed by atoms with Crippen molar-refractivity contribution in [2.75, 3.05) is 0 Å². The average Bonchev–Trinajstić information content (AvgIpc) is 2.83. The van der Waals surface area contributed by atoms with Crippen LogP contribution in [0.15, 0.2) is 36.4 Å². The van der Waals surface area contributed by atoms with Crippen molar-refractivity contribution in [3.05, 3.63) is 52.2 Å². The number of aromatic nitrogens is 1. The van der Waals surface area contributed by atoms with Crippen molar-refractivity contribution in [1.29, 1.82) is 0 Å². The minimum atomic E-state index is -0.271. The van der Waals surface area contributed by atoms with Crippen LogP contribution in [0.25, 0.3) is 21.3 Å². The van der Waals surface area contributed by atoms with Crippen molar-refractivity contribution < 1.29 is 9.18 Å². The van der Waals surface area contributed by atoms with E-state index in [9.17, 15) is 9.18 Å². The van der Waals surface area contributed by atoms with Gasteiger partial charge in [0.1, 0.15) is 22.6 Å². The molecule has 0 fully saturated rings. The number of hydrogen-bond donors (Lipinski definition) is 0. The summed E-state index contributed by atoms with van der Waals surface area (Å²) in [7, 11) is 0. The number of hydrogen-bond acceptors (Lipinski definition) is 3. The molecule has 0 unspecified atom stereocenters. The first-order valence-electron chi connectivity index (χ1n) is 5.96. The zero-order valence-corrected chi connectivity index (χ0v) is 11.8. The number of rotatable bonds is 3. The zero-order chi connectivity index (χ0) is 14.1. The number of fused-ring (bicyclic) bond motifs is 1. The maximum Gasteiger partial charge on any atom is 0.126 e. The molecule has 1 aromatic heterocycles. The summed E-state index contributed by atoms with van der Waals surface area (Å²) in [6.45, 7) is 0. The highest BCUT2D eigenvalue weighted by Crippen LogP contribution is 2.33. The third-order valence-electron chi connectivity index (χ3n) is 2.93. The highest BCUT2D eigenvalue weighted by molar-refractivity contribution is 7.18. The summed E-state index contributed by atoms with van der Waals surface area (Å²) in [5.74, 6) is -0.271. The van der Waals surface area contributed by atoms with Crippen LogP contribution in [-0.4, -0.2) is 11.3 Å². The number of thiazole rings is 1. The molecule has 5 heteroatoms. The van der Waals surface area contributed by atoms with Crippen LogP contribution in [0.4, 0.5) is 4.39 Å². The smallest absolute Gasteiger partial charge is 0.126 e. The molecule has 0 bridgehead atoms. The first-order valence-corrected chi connectivity index (χ1v) is 7.15. The molecule has 2 aromatic carbocycles. The normalized spacial score (nSPS) is 10.9. The van der Waals surface area contributed by atoms with Gasteiger partial charge in [-0.05, 0) is 35.4 Å². The monoisotopic (exact) mass is 305 g/mol. The van der Waals surface area contributed by atoms with Crippen LogP contribution >= 0.6 is 22.9 Å². The van der Waals surface area contributed by atoms with E-state index < -0.39 is 0 Å². The second kappa shape index (κ2) is 5.31. The minimum Gasteiger partial charge on any atom is -0.303 e. The molecule has 0 aliphatic carbocycles. The largest absolute Gasteiger partial charge is 0.303 e. The van der Waals surface area contributed by atoms with E-state index in [1.165, 1.54) is 23.5 Å². The molecule has 0 amide bonds. The van der Waals surface area contributed by atoms with E-state index in [-0.39, 0.29) is 5.82 Å². The molecule has 0 atom stereocenters. The quantitative estimate of drug-likeness (QED) is 0.667. The molecule has 0 spiro atoms. The fourth-order valence-electron chi connectivity index (χ4n) is 2.00. The van der Waals surface area contributed by atoms with E-state index in [1.54, 1.807) is 12.1 Å². The number of aldehydes is 1. The van der Waals surface area contributed by atoms with Gasteiger partial charge < -0.3 is 4.79 Å². The predicted octanol–water partition coefficient (Wildman–Crippen LogP) is 4.50. The second-order valence-corrected chi connectivity index (χ2v) is 5.81. The number of carbonyl (C=O) groups is 1. The lowest BCUT2D eigenvalue weighted by atomic mass is 10.1. The summed E-state index contributed by atoms with van der Waals surface area (Å²) >= 11 is 7.69. The minimum absolute atomic E-state index is 0.271. The van der Waals surface area contributed by atoms with Gasteiger partial charge in [-0.3, -0.25) is 0 Å². The van der Waals surface area contributed by atoms with Crippen molar-refractivity contribution in [2.24, 2.45) is 0 Å². The van der Waals surface area contributed by atoms with Gasteiger partial charge in [-0.25, -0.2) is 9.37 Å². The molecule has 1 heterocycles. The maximum atomic E-state index is 13.0. The lowest BCUT2D eigenvalue weighted by Crippen LogP contribution is -1.83. The molecular formula is C15H9ClFNOS. The molecule has 3 rings (SSSR count). The van der Waals surface area contributed by atoms with Gasteiger partial charge in [0.2, 0.25) is 0 Å². The van der Waals surface area contributed by atoms with Crippen LogP contribution < -0.4 is 0 Å². The molecule has 0 radical (unpaired) electrons. The Labute approximate surface area is 123 Å². The third-order valence-corrected chi connectivity index (χ3v) is 4.24. The summed E-state index contributed by atoms with van der Waals surface area (Å²) in [6, 6.07) is 10.0. The number of halogens is 2. The van der Waals surface area contributed by atoms with Crippen LogP contribution in [0.2, 0.25) is 5.02 Å². The summed E-state index contributed by atoms with van der Waals surface area (Å²) in [5, 5.41) is 1.28. The highest BCUT2D eigenvalue weighted by atomic mass is 35.5. The summed E-state index contributed by atoms with van der Waals surface area (Å²) in [6.07, 6.45) is 1.12. The van der Waals surface area contributed by atoms with Gasteiger partial charge in [0.25, 0.3) is 0 Å². The first-order chi connectivity index (χ1) is 9.67. The number of benzene rings is 2. The van der Waals surface area contributed by atoms with Gasteiger partial charge in [0.15, 0.2) is 0 Å². The Balaban J connectivity index is 2.13. The van der Waals surface area contributed by atoms with Crippen molar-refractivity contribution >= 4 is 39.4 Å². The molecule has 0 saturated heterocycles. The van der Waals surface area contributed by atoms with Gasteiger partial charge in [-0.1, -0.05) is 23.7 Å².